The fourth-order valence-electron chi connectivity index (χ4n) is 2.46. The minimum Gasteiger partial charge on any atom is -0.349 e. The number of nitrogens with zero attached hydrogens (tertiary/aromatic N) is 3. The molecule has 0 bridgehead atoms. The van der Waals surface area contributed by atoms with E-state index in [1.807, 2.05) is 44.1 Å². The monoisotopic (exact) mass is 341 g/mol. The Morgan fingerprint density at radius 1 is 1.20 bits per heavy atom. The fourth-order valence-corrected chi connectivity index (χ4v) is 2.46. The first kappa shape index (κ1) is 18.9. The van der Waals surface area contributed by atoms with Gasteiger partial charge in [0.2, 0.25) is 5.95 Å². The number of likely N-dealkylation sites (N-methyl/N-ethyl adjacent to an activating group) is 1. The van der Waals surface area contributed by atoms with Crippen LogP contribution < -0.4 is 10.6 Å². The lowest BCUT2D eigenvalue weighted by Gasteiger charge is -2.14. The molecule has 25 heavy (non-hydrogen) atoms. The van der Waals surface area contributed by atoms with Gasteiger partial charge in [0.15, 0.2) is 0 Å². The summed E-state index contributed by atoms with van der Waals surface area (Å²) in [4.78, 5) is 23.1. The predicted octanol–water partition coefficient (Wildman–Crippen LogP) is 2.94. The number of carbonyl (C=O) groups excluding carboxylic acids is 1. The van der Waals surface area contributed by atoms with Gasteiger partial charge < -0.3 is 15.5 Å². The molecule has 6 nitrogen and oxygen atoms in total. The van der Waals surface area contributed by atoms with Crippen LogP contribution in [0.1, 0.15) is 41.5 Å². The second kappa shape index (κ2) is 8.58. The molecule has 1 amide bonds. The van der Waals surface area contributed by atoms with E-state index >= 15 is 0 Å². The normalized spacial score (nSPS) is 11.0. The quantitative estimate of drug-likeness (QED) is 0.810. The van der Waals surface area contributed by atoms with E-state index in [1.54, 1.807) is 6.07 Å². The number of anilines is 2. The van der Waals surface area contributed by atoms with Crippen LogP contribution in [0.4, 0.5) is 11.6 Å². The zero-order chi connectivity index (χ0) is 18.4. The summed E-state index contributed by atoms with van der Waals surface area (Å²) in [5.74, 6) is 0.626. The summed E-state index contributed by atoms with van der Waals surface area (Å²) in [5.41, 5.74) is 3.26. The number of aryl methyl sites for hydroxylation is 1. The number of aromatic nitrogens is 2. The highest BCUT2D eigenvalue weighted by atomic mass is 16.1. The molecule has 0 aliphatic carbocycles. The molecular formula is C19H27N5O. The number of benzene rings is 1. The molecular weight excluding hydrogens is 314 g/mol. The molecule has 0 unspecified atom stereocenters. The molecule has 1 heterocycles. The Labute approximate surface area is 149 Å². The maximum absolute atomic E-state index is 12.3. The Hall–Kier alpha value is -2.47. The molecule has 6 heteroatoms. The van der Waals surface area contributed by atoms with Crippen LogP contribution in [0, 0.1) is 6.92 Å². The van der Waals surface area contributed by atoms with E-state index in [9.17, 15) is 4.79 Å². The lowest BCUT2D eigenvalue weighted by atomic mass is 10.0. The Kier molecular flexibility index (Phi) is 6.47. The molecule has 0 radical (unpaired) electrons. The van der Waals surface area contributed by atoms with Crippen LogP contribution in [0.25, 0.3) is 0 Å². The molecule has 0 spiro atoms. The second-order valence-corrected chi connectivity index (χ2v) is 6.64. The van der Waals surface area contributed by atoms with Crippen molar-refractivity contribution in [2.24, 2.45) is 0 Å². The van der Waals surface area contributed by atoms with Crippen molar-refractivity contribution in [1.82, 2.24) is 20.2 Å². The summed E-state index contributed by atoms with van der Waals surface area (Å²) in [6.07, 6.45) is 0. The van der Waals surface area contributed by atoms with Gasteiger partial charge in [0.25, 0.3) is 5.91 Å². The van der Waals surface area contributed by atoms with E-state index in [4.69, 9.17) is 0 Å². The van der Waals surface area contributed by atoms with Gasteiger partial charge in [-0.1, -0.05) is 32.0 Å². The van der Waals surface area contributed by atoms with E-state index in [0.29, 0.717) is 24.1 Å². The zero-order valence-electron chi connectivity index (χ0n) is 15.6. The van der Waals surface area contributed by atoms with Crippen molar-refractivity contribution in [2.45, 2.75) is 26.7 Å². The summed E-state index contributed by atoms with van der Waals surface area (Å²) >= 11 is 0. The Bertz CT molecular complexity index is 728. The third kappa shape index (κ3) is 5.53. The predicted molar refractivity (Wildman–Crippen MR) is 101 cm³/mol. The van der Waals surface area contributed by atoms with Gasteiger partial charge in [-0.3, -0.25) is 4.79 Å². The van der Waals surface area contributed by atoms with Crippen molar-refractivity contribution in [3.63, 3.8) is 0 Å². The Morgan fingerprint density at radius 3 is 2.60 bits per heavy atom. The molecule has 0 atom stereocenters. The van der Waals surface area contributed by atoms with E-state index < -0.39 is 0 Å². The fraction of sp³-hybridized carbons (Fsp3) is 0.421. The molecule has 134 valence electrons. The van der Waals surface area contributed by atoms with Gasteiger partial charge in [0, 0.05) is 24.5 Å². The van der Waals surface area contributed by atoms with Gasteiger partial charge in [-0.2, -0.15) is 0 Å². The van der Waals surface area contributed by atoms with Gasteiger partial charge >= 0.3 is 0 Å². The van der Waals surface area contributed by atoms with Crippen molar-refractivity contribution in [3.05, 3.63) is 47.3 Å². The Morgan fingerprint density at radius 2 is 1.92 bits per heavy atom. The summed E-state index contributed by atoms with van der Waals surface area (Å²) in [5, 5.41) is 6.13. The van der Waals surface area contributed by atoms with Gasteiger partial charge in [-0.05, 0) is 44.6 Å². The van der Waals surface area contributed by atoms with Gasteiger partial charge in [-0.15, -0.1) is 0 Å². The van der Waals surface area contributed by atoms with Crippen LogP contribution in [0.2, 0.25) is 0 Å². The summed E-state index contributed by atoms with van der Waals surface area (Å²) < 4.78 is 0. The molecule has 0 fully saturated rings. The molecule has 2 rings (SSSR count). The number of nitrogens with one attached hydrogen (secondary N) is 2. The third-order valence-electron chi connectivity index (χ3n) is 3.76. The highest BCUT2D eigenvalue weighted by molar-refractivity contribution is 5.92. The van der Waals surface area contributed by atoms with E-state index in [0.717, 1.165) is 17.9 Å². The smallest absolute Gasteiger partial charge is 0.270 e. The molecule has 1 aromatic heterocycles. The first-order valence-electron chi connectivity index (χ1n) is 8.51. The van der Waals surface area contributed by atoms with Crippen molar-refractivity contribution >= 4 is 17.5 Å². The molecule has 2 aromatic rings. The Balaban J connectivity index is 2.18. The molecule has 2 N–H and O–H groups in total. The lowest BCUT2D eigenvalue weighted by Crippen LogP contribution is -2.32. The van der Waals surface area contributed by atoms with Crippen LogP contribution >= 0.6 is 0 Å². The van der Waals surface area contributed by atoms with Crippen LogP contribution in [0.15, 0.2) is 30.3 Å². The number of hydrogen-bond donors (Lipinski definition) is 2. The number of rotatable bonds is 7. The number of para-hydroxylation sites is 1. The molecule has 1 aromatic carbocycles. The third-order valence-corrected chi connectivity index (χ3v) is 3.76. The van der Waals surface area contributed by atoms with Gasteiger partial charge in [0.05, 0.1) is 0 Å². The molecule has 0 aliphatic heterocycles. The number of amides is 1. The van der Waals surface area contributed by atoms with Crippen molar-refractivity contribution in [2.75, 3.05) is 32.5 Å². The molecule has 0 aliphatic rings. The highest BCUT2D eigenvalue weighted by Gasteiger charge is 2.12. The minimum atomic E-state index is -0.187. The van der Waals surface area contributed by atoms with Crippen LogP contribution in [-0.4, -0.2) is 48.0 Å². The number of hydrogen-bond acceptors (Lipinski definition) is 5. The van der Waals surface area contributed by atoms with Crippen LogP contribution in [0.3, 0.4) is 0 Å². The van der Waals surface area contributed by atoms with E-state index in [1.165, 1.54) is 5.56 Å². The van der Waals surface area contributed by atoms with Crippen molar-refractivity contribution < 1.29 is 4.79 Å². The lowest BCUT2D eigenvalue weighted by molar-refractivity contribution is 0.0946. The standard InChI is InChI=1S/C19H27N5O/c1-13(2)15-8-6-7-9-16(15)22-19-21-14(3)12-17(23-19)18(25)20-10-11-24(4)5/h6-9,12-13H,10-11H2,1-5H3,(H,20,25)(H,21,22,23). The summed E-state index contributed by atoms with van der Waals surface area (Å²) in [7, 11) is 3.93. The zero-order valence-corrected chi connectivity index (χ0v) is 15.6. The largest absolute Gasteiger partial charge is 0.349 e. The van der Waals surface area contributed by atoms with E-state index in [2.05, 4.69) is 40.5 Å². The first-order chi connectivity index (χ1) is 11.9. The maximum Gasteiger partial charge on any atom is 0.270 e. The minimum absolute atomic E-state index is 0.187. The topological polar surface area (TPSA) is 70.2 Å². The van der Waals surface area contributed by atoms with Crippen molar-refractivity contribution in [3.8, 4) is 0 Å². The highest BCUT2D eigenvalue weighted by Crippen LogP contribution is 2.25. The van der Waals surface area contributed by atoms with Crippen molar-refractivity contribution in [1.29, 1.82) is 0 Å². The molecule has 0 saturated heterocycles. The number of carbonyl (C=O) groups is 1. The van der Waals surface area contributed by atoms with Crippen LogP contribution in [0.5, 0.6) is 0 Å². The van der Waals surface area contributed by atoms with Gasteiger partial charge in [0.1, 0.15) is 5.69 Å². The van der Waals surface area contributed by atoms with E-state index in [-0.39, 0.29) is 5.91 Å². The SMILES string of the molecule is Cc1cc(C(=O)NCCN(C)C)nc(Nc2ccccc2C(C)C)n1. The first-order valence-corrected chi connectivity index (χ1v) is 8.51. The summed E-state index contributed by atoms with van der Waals surface area (Å²) in [6, 6.07) is 9.76. The maximum atomic E-state index is 12.3. The summed E-state index contributed by atoms with van der Waals surface area (Å²) in [6.45, 7) is 7.50. The average Bonchev–Trinajstić information content (AvgIpc) is 2.54. The van der Waals surface area contributed by atoms with Crippen LogP contribution in [-0.2, 0) is 0 Å². The second-order valence-electron chi connectivity index (χ2n) is 6.64. The molecule has 0 saturated carbocycles. The average molecular weight is 341 g/mol. The van der Waals surface area contributed by atoms with Gasteiger partial charge in [-0.25, -0.2) is 9.97 Å².